The van der Waals surface area contributed by atoms with Gasteiger partial charge in [-0.15, -0.1) is 0 Å². The van der Waals surface area contributed by atoms with Crippen LogP contribution in [0.3, 0.4) is 0 Å². The minimum atomic E-state index is -2.17. The second-order valence-corrected chi connectivity index (χ2v) is 22.5. The van der Waals surface area contributed by atoms with E-state index in [1.54, 1.807) is 8.26 Å². The number of halogens is 2. The average molecular weight is 513 g/mol. The van der Waals surface area contributed by atoms with Crippen LogP contribution in [-0.2, 0) is 20.3 Å². The summed E-state index contributed by atoms with van der Waals surface area (Å²) in [6.07, 6.45) is 20.5. The summed E-state index contributed by atoms with van der Waals surface area (Å²) < 4.78 is 5.46. The molecule has 0 aromatic carbocycles. The number of hydrogen-bond donors (Lipinski definition) is 0. The fourth-order valence-electron chi connectivity index (χ4n) is 8.07. The first-order valence-electron chi connectivity index (χ1n) is 11.8. The van der Waals surface area contributed by atoms with Crippen LogP contribution in [0.1, 0.15) is 53.4 Å². The van der Waals surface area contributed by atoms with E-state index in [9.17, 15) is 0 Å². The molecule has 0 aromatic rings. The number of hydrogen-bond acceptors (Lipinski definition) is 0. The molecule has 0 radical (unpaired) electrons. The number of rotatable bonds is 2. The summed E-state index contributed by atoms with van der Waals surface area (Å²) in [5, 5.41) is 0. The van der Waals surface area contributed by atoms with Crippen molar-refractivity contribution in [3.05, 3.63) is 47.6 Å². The van der Waals surface area contributed by atoms with Gasteiger partial charge in [0.25, 0.3) is 0 Å². The Morgan fingerprint density at radius 1 is 0.655 bits per heavy atom. The van der Waals surface area contributed by atoms with E-state index < -0.39 is 20.3 Å². The summed E-state index contributed by atoms with van der Waals surface area (Å²) in [5.74, 6) is 5.42. The molecule has 0 spiro atoms. The maximum Gasteiger partial charge on any atom is -1.00 e. The number of fused-ring (bicyclic) bond motifs is 2. The number of allylic oxidation sites excluding steroid dienone is 8. The van der Waals surface area contributed by atoms with Crippen LogP contribution < -0.4 is 24.8 Å². The van der Waals surface area contributed by atoms with Crippen molar-refractivity contribution >= 4 is 0 Å². The van der Waals surface area contributed by atoms with Crippen molar-refractivity contribution in [3.63, 3.8) is 0 Å². The van der Waals surface area contributed by atoms with Gasteiger partial charge in [-0.05, 0) is 0 Å². The molecule has 4 aliphatic carbocycles. The van der Waals surface area contributed by atoms with Crippen molar-refractivity contribution in [2.75, 3.05) is 0 Å². The Morgan fingerprint density at radius 2 is 1.07 bits per heavy atom. The molecule has 3 heteroatoms. The molecule has 0 aromatic heterocycles. The average Bonchev–Trinajstić information content (AvgIpc) is 3.32. The van der Waals surface area contributed by atoms with Gasteiger partial charge in [0.15, 0.2) is 0 Å². The van der Waals surface area contributed by atoms with E-state index in [0.29, 0.717) is 0 Å². The third-order valence-corrected chi connectivity index (χ3v) is 23.9. The second kappa shape index (κ2) is 9.12. The van der Waals surface area contributed by atoms with Gasteiger partial charge in [0.1, 0.15) is 0 Å². The smallest absolute Gasteiger partial charge is 1.00 e. The van der Waals surface area contributed by atoms with E-state index in [2.05, 4.69) is 64.2 Å². The molecule has 160 valence electrons. The molecule has 3 fully saturated rings. The zero-order valence-corrected chi connectivity index (χ0v) is 22.6. The molecular weight excluding hydrogens is 474 g/mol. The molecule has 29 heavy (non-hydrogen) atoms. The van der Waals surface area contributed by atoms with Gasteiger partial charge in [-0.2, -0.15) is 0 Å². The van der Waals surface area contributed by atoms with E-state index in [1.807, 2.05) is 11.1 Å². The van der Waals surface area contributed by atoms with Crippen molar-refractivity contribution in [1.82, 2.24) is 0 Å². The van der Waals surface area contributed by atoms with Crippen LogP contribution in [0.4, 0.5) is 0 Å². The van der Waals surface area contributed by atoms with Gasteiger partial charge in [0.2, 0.25) is 0 Å². The molecular formula is C26H38Cl2Zr. The minimum absolute atomic E-state index is 0. The Morgan fingerprint density at radius 3 is 1.45 bits per heavy atom. The summed E-state index contributed by atoms with van der Waals surface area (Å²) in [4.78, 5) is 0. The largest absolute Gasteiger partial charge is 1.00 e. The van der Waals surface area contributed by atoms with E-state index in [1.165, 1.54) is 25.7 Å². The van der Waals surface area contributed by atoms with Gasteiger partial charge in [0, 0.05) is 0 Å². The topological polar surface area (TPSA) is 0 Å². The molecule has 8 atom stereocenters. The molecule has 5 rings (SSSR count). The van der Waals surface area contributed by atoms with Crippen molar-refractivity contribution in [3.8, 4) is 0 Å². The summed E-state index contributed by atoms with van der Waals surface area (Å²) >= 11 is -2.17. The van der Waals surface area contributed by atoms with Crippen molar-refractivity contribution in [2.45, 2.75) is 68.9 Å². The standard InChI is InChI=1S/2C12H17.C2H4.2ClH.Zr/c2*1-9-7-11-6-4-3-5-10(2)12(11)8-9;1-2;;;/h2*3-4,6-7,9-10,12H,5,8H2,1-2H3;1-2H2;2*1H;/q;;;;;+2/p-2. The third-order valence-electron chi connectivity index (χ3n) is 9.27. The molecule has 5 aliphatic rings. The molecule has 0 bridgehead atoms. The molecule has 2 saturated carbocycles. The van der Waals surface area contributed by atoms with Gasteiger partial charge in [-0.25, -0.2) is 0 Å². The first-order chi connectivity index (χ1) is 13.0. The Balaban J connectivity index is 0.00000120. The van der Waals surface area contributed by atoms with Crippen LogP contribution in [0.25, 0.3) is 0 Å². The predicted molar refractivity (Wildman–Crippen MR) is 114 cm³/mol. The van der Waals surface area contributed by atoms with E-state index in [4.69, 9.17) is 0 Å². The fourth-order valence-corrected chi connectivity index (χ4v) is 28.0. The van der Waals surface area contributed by atoms with Crippen LogP contribution in [-0.4, -0.2) is 0 Å². The second-order valence-electron chi connectivity index (χ2n) is 10.9. The van der Waals surface area contributed by atoms with Crippen molar-refractivity contribution in [2.24, 2.45) is 35.5 Å². The fraction of sp³-hybridized carbons (Fsp3) is 0.692. The van der Waals surface area contributed by atoms with E-state index >= 15 is 0 Å². The van der Waals surface area contributed by atoms with E-state index in [-0.39, 0.29) is 24.8 Å². The van der Waals surface area contributed by atoms with Crippen LogP contribution in [0.5, 0.6) is 0 Å². The summed E-state index contributed by atoms with van der Waals surface area (Å²) in [7, 11) is 0. The summed E-state index contributed by atoms with van der Waals surface area (Å²) in [5.41, 5.74) is 3.87. The molecule has 1 saturated heterocycles. The summed E-state index contributed by atoms with van der Waals surface area (Å²) in [6.45, 7) is 10.3. The van der Waals surface area contributed by atoms with Crippen molar-refractivity contribution < 1.29 is 45.1 Å². The maximum atomic E-state index is 2.63. The molecule has 0 amide bonds. The first-order valence-corrected chi connectivity index (χ1v) is 18.1. The first kappa shape index (κ1) is 24.1. The van der Waals surface area contributed by atoms with E-state index in [0.717, 1.165) is 42.8 Å². The Hall–Kier alpha value is 0.423. The molecule has 1 aliphatic heterocycles. The van der Waals surface area contributed by atoms with Gasteiger partial charge >= 0.3 is 172 Å². The normalized spacial score (nSPS) is 43.2. The molecule has 0 nitrogen and oxygen atoms in total. The SMILES string of the molecule is CC1CC=CC=C2C1CC(C)[CH]2[Zr+2]1([CH]2C3=CC=CCC(C)C3CC2C)[CH2][CH2]1.[Cl-].[Cl-]. The zero-order valence-electron chi connectivity index (χ0n) is 18.6. The molecule has 8 unspecified atom stereocenters. The van der Waals surface area contributed by atoms with Gasteiger partial charge in [-0.3, -0.25) is 0 Å². The van der Waals surface area contributed by atoms with Gasteiger partial charge in [0.05, 0.1) is 0 Å². The monoisotopic (exact) mass is 510 g/mol. The van der Waals surface area contributed by atoms with Crippen LogP contribution >= 0.6 is 0 Å². The van der Waals surface area contributed by atoms with Crippen LogP contribution in [0.2, 0.25) is 15.5 Å². The zero-order chi connectivity index (χ0) is 18.8. The Labute approximate surface area is 196 Å². The van der Waals surface area contributed by atoms with Gasteiger partial charge in [-0.1, -0.05) is 0 Å². The van der Waals surface area contributed by atoms with Crippen LogP contribution in [0.15, 0.2) is 47.6 Å². The molecule has 1 heterocycles. The quantitative estimate of drug-likeness (QED) is 0.531. The summed E-state index contributed by atoms with van der Waals surface area (Å²) in [6, 6.07) is 0. The van der Waals surface area contributed by atoms with Gasteiger partial charge < -0.3 is 24.8 Å². The minimum Gasteiger partial charge on any atom is -1.00 e. The Kier molecular flexibility index (Phi) is 7.57. The van der Waals surface area contributed by atoms with Crippen LogP contribution in [0, 0.1) is 35.5 Å². The third kappa shape index (κ3) is 3.89. The Bertz CT molecular complexity index is 671. The van der Waals surface area contributed by atoms with Crippen molar-refractivity contribution in [1.29, 1.82) is 0 Å². The maximum absolute atomic E-state index is 2.63. The molecule has 0 N–H and O–H groups in total. The predicted octanol–water partition coefficient (Wildman–Crippen LogP) is 1.93.